The first-order valence-corrected chi connectivity index (χ1v) is 14.1. The van der Waals surface area contributed by atoms with E-state index in [1.165, 1.54) is 6.07 Å². The molecule has 0 radical (unpaired) electrons. The molecule has 1 aromatic heterocycles. The molecule has 2 aromatic carbocycles. The number of rotatable bonds is 5. The van der Waals surface area contributed by atoms with Crippen molar-refractivity contribution < 1.29 is 18.0 Å². The van der Waals surface area contributed by atoms with E-state index in [-0.39, 0.29) is 28.5 Å². The second-order valence-corrected chi connectivity index (χ2v) is 12.0. The zero-order valence-electron chi connectivity index (χ0n) is 21.6. The molecule has 1 saturated heterocycles. The fourth-order valence-corrected chi connectivity index (χ4v) is 6.51. The van der Waals surface area contributed by atoms with Crippen LogP contribution in [0, 0.1) is 13.8 Å². The number of amides is 2. The third kappa shape index (κ3) is 4.77. The fraction of sp³-hybridized carbons (Fsp3) is 0.241. The summed E-state index contributed by atoms with van der Waals surface area (Å²) in [6.45, 7) is 10.7. The first-order valence-electron chi connectivity index (χ1n) is 12.4. The van der Waals surface area contributed by atoms with Crippen molar-refractivity contribution in [3.63, 3.8) is 0 Å². The number of fused-ring (bicyclic) bond motifs is 1. The number of carbonyl (C=O) groups excluding carboxylic acids is 2. The molecule has 9 heteroatoms. The van der Waals surface area contributed by atoms with Crippen molar-refractivity contribution in [1.29, 1.82) is 0 Å². The zero-order chi connectivity index (χ0) is 27.2. The number of nitrogens with zero attached hydrogens (tertiary/aromatic N) is 1. The molecule has 0 aliphatic carbocycles. The molecule has 8 nitrogen and oxygen atoms in total. The van der Waals surface area contributed by atoms with Crippen LogP contribution in [0.15, 0.2) is 65.7 Å². The van der Waals surface area contributed by atoms with E-state index >= 15 is 0 Å². The summed E-state index contributed by atoms with van der Waals surface area (Å²) in [6, 6.07) is 13.8. The van der Waals surface area contributed by atoms with Crippen LogP contribution in [-0.2, 0) is 20.4 Å². The molecule has 5 rings (SSSR count). The van der Waals surface area contributed by atoms with E-state index < -0.39 is 9.84 Å². The van der Waals surface area contributed by atoms with Gasteiger partial charge in [0.05, 0.1) is 28.3 Å². The lowest BCUT2D eigenvalue weighted by molar-refractivity contribution is -0.110. The van der Waals surface area contributed by atoms with Crippen molar-refractivity contribution in [1.82, 2.24) is 15.2 Å². The van der Waals surface area contributed by atoms with Gasteiger partial charge < -0.3 is 20.5 Å². The molecule has 0 saturated carbocycles. The third-order valence-electron chi connectivity index (χ3n) is 6.93. The van der Waals surface area contributed by atoms with Crippen molar-refractivity contribution in [2.45, 2.75) is 37.5 Å². The maximum absolute atomic E-state index is 13.4. The summed E-state index contributed by atoms with van der Waals surface area (Å²) < 4.78 is 26.3. The van der Waals surface area contributed by atoms with Gasteiger partial charge in [-0.3, -0.25) is 9.59 Å². The Balaban J connectivity index is 1.48. The van der Waals surface area contributed by atoms with E-state index in [2.05, 4.69) is 22.2 Å². The monoisotopic (exact) mass is 530 g/mol. The first kappa shape index (κ1) is 25.5. The summed E-state index contributed by atoms with van der Waals surface area (Å²) in [5.74, 6) is -0.560. The largest absolute Gasteiger partial charge is 0.383 e. The lowest BCUT2D eigenvalue weighted by Crippen LogP contribution is -2.49. The van der Waals surface area contributed by atoms with Gasteiger partial charge in [0.1, 0.15) is 0 Å². The van der Waals surface area contributed by atoms with E-state index in [1.54, 1.807) is 47.4 Å². The van der Waals surface area contributed by atoms with Crippen molar-refractivity contribution in [2.24, 2.45) is 0 Å². The van der Waals surface area contributed by atoms with Gasteiger partial charge in [-0.1, -0.05) is 36.9 Å². The Bertz CT molecular complexity index is 1600. The van der Waals surface area contributed by atoms with Gasteiger partial charge in [0, 0.05) is 40.9 Å². The molecule has 3 heterocycles. The molecule has 3 N–H and O–H groups in total. The normalized spacial score (nSPS) is 18.3. The second kappa shape index (κ2) is 9.64. The van der Waals surface area contributed by atoms with Crippen LogP contribution >= 0.6 is 0 Å². The Labute approximate surface area is 222 Å². The highest BCUT2D eigenvalue weighted by atomic mass is 32.2. The summed E-state index contributed by atoms with van der Waals surface area (Å²) in [4.78, 5) is 31.5. The standard InChI is InChI=1S/C29H30N4O4S/c1-17-14-33(15-18(2)30-17)29(35)27-19(3)26(31-20(27)4)13-24-23-12-22(10-11-25(23)32-28(24)34)38(36,37)16-21-8-6-5-7-9-21/h5-13,18,30-31H,1,14-16H2,2-4H3,(H,32,34)/b24-13-/t18-/m0/s1. The van der Waals surface area contributed by atoms with Crippen LogP contribution in [0.2, 0.25) is 0 Å². The third-order valence-corrected chi connectivity index (χ3v) is 8.61. The summed E-state index contributed by atoms with van der Waals surface area (Å²) in [7, 11) is -3.63. The second-order valence-electron chi connectivity index (χ2n) is 9.96. The Morgan fingerprint density at radius 3 is 2.61 bits per heavy atom. The number of aromatic amines is 1. The number of sulfone groups is 1. The van der Waals surface area contributed by atoms with E-state index in [1.807, 2.05) is 26.8 Å². The number of benzene rings is 2. The van der Waals surface area contributed by atoms with E-state index in [9.17, 15) is 18.0 Å². The van der Waals surface area contributed by atoms with Gasteiger partial charge in [-0.15, -0.1) is 0 Å². The molecule has 2 amide bonds. The Morgan fingerprint density at radius 2 is 1.89 bits per heavy atom. The number of hydrogen-bond acceptors (Lipinski definition) is 5. The molecular formula is C29H30N4O4S. The number of aryl methyl sites for hydroxylation is 1. The molecule has 0 spiro atoms. The molecular weight excluding hydrogens is 500 g/mol. The summed E-state index contributed by atoms with van der Waals surface area (Å²) >= 11 is 0. The Kier molecular flexibility index (Phi) is 6.48. The summed E-state index contributed by atoms with van der Waals surface area (Å²) in [5.41, 5.74) is 5.50. The number of nitrogens with one attached hydrogen (secondary N) is 3. The van der Waals surface area contributed by atoms with Gasteiger partial charge in [-0.25, -0.2) is 8.42 Å². The van der Waals surface area contributed by atoms with Crippen molar-refractivity contribution >= 4 is 39.0 Å². The lowest BCUT2D eigenvalue weighted by Gasteiger charge is -2.34. The van der Waals surface area contributed by atoms with Gasteiger partial charge >= 0.3 is 0 Å². The van der Waals surface area contributed by atoms with Crippen molar-refractivity contribution in [2.75, 3.05) is 18.4 Å². The smallest absolute Gasteiger partial charge is 0.256 e. The minimum atomic E-state index is -3.63. The van der Waals surface area contributed by atoms with Gasteiger partial charge in [0.25, 0.3) is 11.8 Å². The van der Waals surface area contributed by atoms with Gasteiger partial charge in [0.15, 0.2) is 9.84 Å². The number of carbonyl (C=O) groups is 2. The van der Waals surface area contributed by atoms with Crippen LogP contribution in [0.3, 0.4) is 0 Å². The van der Waals surface area contributed by atoms with Crippen LogP contribution in [0.1, 0.15) is 45.4 Å². The highest BCUT2D eigenvalue weighted by Crippen LogP contribution is 2.36. The van der Waals surface area contributed by atoms with Crippen LogP contribution < -0.4 is 10.6 Å². The van der Waals surface area contributed by atoms with E-state index in [0.717, 1.165) is 11.3 Å². The zero-order valence-corrected chi connectivity index (χ0v) is 22.4. The Hall–Kier alpha value is -4.11. The van der Waals surface area contributed by atoms with Gasteiger partial charge in [-0.2, -0.15) is 0 Å². The van der Waals surface area contributed by atoms with Crippen LogP contribution in [-0.4, -0.2) is 49.2 Å². The minimum absolute atomic E-state index is 0.0963. The molecule has 2 aliphatic rings. The average Bonchev–Trinajstić information content (AvgIpc) is 3.32. The van der Waals surface area contributed by atoms with Crippen LogP contribution in [0.25, 0.3) is 11.6 Å². The van der Waals surface area contributed by atoms with E-state index in [0.29, 0.717) is 52.4 Å². The van der Waals surface area contributed by atoms with Crippen LogP contribution in [0.4, 0.5) is 5.69 Å². The maximum atomic E-state index is 13.4. The maximum Gasteiger partial charge on any atom is 0.256 e. The summed E-state index contributed by atoms with van der Waals surface area (Å²) in [5, 5.41) is 6.06. The first-order chi connectivity index (χ1) is 18.0. The topological polar surface area (TPSA) is 111 Å². The van der Waals surface area contributed by atoms with Crippen LogP contribution in [0.5, 0.6) is 0 Å². The lowest BCUT2D eigenvalue weighted by atomic mass is 10.0. The van der Waals surface area contributed by atoms with Gasteiger partial charge in [0.2, 0.25) is 0 Å². The molecule has 38 heavy (non-hydrogen) atoms. The highest BCUT2D eigenvalue weighted by molar-refractivity contribution is 7.90. The molecule has 0 unspecified atom stereocenters. The molecule has 1 atom stereocenters. The minimum Gasteiger partial charge on any atom is -0.383 e. The number of hydrogen-bond donors (Lipinski definition) is 3. The number of piperazine rings is 1. The SMILES string of the molecule is C=C1CN(C(=O)c2c(C)[nH]c(/C=C3\C(=O)Nc4ccc(S(=O)(=O)Cc5ccccc5)cc43)c2C)C[C@H](C)N1. The van der Waals surface area contributed by atoms with E-state index in [4.69, 9.17) is 0 Å². The molecule has 196 valence electrons. The number of anilines is 1. The highest BCUT2D eigenvalue weighted by Gasteiger charge is 2.30. The summed E-state index contributed by atoms with van der Waals surface area (Å²) in [6.07, 6.45) is 1.69. The number of aromatic nitrogens is 1. The van der Waals surface area contributed by atoms with Crippen molar-refractivity contribution in [3.8, 4) is 0 Å². The molecule has 3 aromatic rings. The number of H-pyrrole nitrogens is 1. The predicted molar refractivity (Wildman–Crippen MR) is 148 cm³/mol. The molecule has 1 fully saturated rings. The average molecular weight is 531 g/mol. The fourth-order valence-electron chi connectivity index (χ4n) is 5.14. The molecule has 0 bridgehead atoms. The molecule has 2 aliphatic heterocycles. The quantitative estimate of drug-likeness (QED) is 0.431. The Morgan fingerprint density at radius 1 is 1.16 bits per heavy atom. The predicted octanol–water partition coefficient (Wildman–Crippen LogP) is 4.05. The van der Waals surface area contributed by atoms with Gasteiger partial charge in [-0.05, 0) is 56.2 Å². The van der Waals surface area contributed by atoms with Crippen molar-refractivity contribution in [3.05, 3.63) is 94.4 Å².